The molecule has 4 heteroatoms. The highest BCUT2D eigenvalue weighted by Gasteiger charge is 2.10. The van der Waals surface area contributed by atoms with Gasteiger partial charge in [-0.3, -0.25) is 0 Å². The monoisotopic (exact) mass is 219 g/mol. The summed E-state index contributed by atoms with van der Waals surface area (Å²) in [5.41, 5.74) is 1.65. The number of methoxy groups -OCH3 is 2. The zero-order valence-electron chi connectivity index (χ0n) is 9.48. The van der Waals surface area contributed by atoms with E-state index in [1.807, 2.05) is 31.2 Å². The Kier molecular flexibility index (Phi) is 2.81. The van der Waals surface area contributed by atoms with Gasteiger partial charge in [0.2, 0.25) is 0 Å². The number of benzene rings is 1. The van der Waals surface area contributed by atoms with Crippen molar-refractivity contribution in [2.75, 3.05) is 14.2 Å². The van der Waals surface area contributed by atoms with Crippen LogP contribution >= 0.6 is 0 Å². The summed E-state index contributed by atoms with van der Waals surface area (Å²) in [5.74, 6) is 2.24. The second-order valence-electron chi connectivity index (χ2n) is 3.39. The molecule has 16 heavy (non-hydrogen) atoms. The van der Waals surface area contributed by atoms with Gasteiger partial charge in [0.1, 0.15) is 23.0 Å². The summed E-state index contributed by atoms with van der Waals surface area (Å²) >= 11 is 0. The minimum atomic E-state index is 0.715. The number of aromatic nitrogens is 1. The van der Waals surface area contributed by atoms with E-state index in [-0.39, 0.29) is 0 Å². The van der Waals surface area contributed by atoms with Crippen LogP contribution in [0.25, 0.3) is 11.3 Å². The Balaban J connectivity index is 2.48. The van der Waals surface area contributed by atoms with Gasteiger partial charge in [0.05, 0.1) is 14.2 Å². The third kappa shape index (κ3) is 1.86. The highest BCUT2D eigenvalue weighted by atomic mass is 16.5. The Morgan fingerprint density at radius 2 is 1.94 bits per heavy atom. The van der Waals surface area contributed by atoms with Crippen LogP contribution in [0.2, 0.25) is 0 Å². The normalized spacial score (nSPS) is 10.2. The van der Waals surface area contributed by atoms with Crippen LogP contribution in [0.4, 0.5) is 0 Å². The fourth-order valence-electron chi connectivity index (χ4n) is 1.50. The SMILES string of the molecule is COc1ccc(-c2cc(C)on2)c(OC)c1. The molecule has 2 rings (SSSR count). The molecule has 1 aromatic carbocycles. The topological polar surface area (TPSA) is 44.5 Å². The predicted molar refractivity (Wildman–Crippen MR) is 59.8 cm³/mol. The summed E-state index contributed by atoms with van der Waals surface area (Å²) in [6.45, 7) is 1.85. The molecule has 84 valence electrons. The first-order valence-corrected chi connectivity index (χ1v) is 4.90. The molecule has 0 saturated heterocycles. The molecular weight excluding hydrogens is 206 g/mol. The second kappa shape index (κ2) is 4.26. The first kappa shape index (κ1) is 10.5. The Bertz CT molecular complexity index is 491. The van der Waals surface area contributed by atoms with Gasteiger partial charge in [0.15, 0.2) is 0 Å². The highest BCUT2D eigenvalue weighted by molar-refractivity contribution is 5.68. The van der Waals surface area contributed by atoms with Gasteiger partial charge in [-0.15, -0.1) is 0 Å². The molecule has 0 N–H and O–H groups in total. The summed E-state index contributed by atoms with van der Waals surface area (Å²) in [7, 11) is 3.24. The smallest absolute Gasteiger partial charge is 0.134 e. The van der Waals surface area contributed by atoms with Crippen molar-refractivity contribution in [1.29, 1.82) is 0 Å². The number of ether oxygens (including phenoxy) is 2. The van der Waals surface area contributed by atoms with E-state index in [1.165, 1.54) is 0 Å². The van der Waals surface area contributed by atoms with E-state index >= 15 is 0 Å². The quantitative estimate of drug-likeness (QED) is 0.796. The number of aryl methyl sites for hydroxylation is 1. The molecule has 0 spiro atoms. The molecule has 0 amide bonds. The van der Waals surface area contributed by atoms with Crippen LogP contribution in [0.3, 0.4) is 0 Å². The Hall–Kier alpha value is -1.97. The predicted octanol–water partition coefficient (Wildman–Crippen LogP) is 2.67. The van der Waals surface area contributed by atoms with Crippen LogP contribution in [-0.4, -0.2) is 19.4 Å². The maximum atomic E-state index is 5.29. The third-order valence-electron chi connectivity index (χ3n) is 2.31. The molecule has 0 aliphatic carbocycles. The van der Waals surface area contributed by atoms with E-state index < -0.39 is 0 Å². The van der Waals surface area contributed by atoms with E-state index in [4.69, 9.17) is 14.0 Å². The molecule has 0 fully saturated rings. The second-order valence-corrected chi connectivity index (χ2v) is 3.39. The van der Waals surface area contributed by atoms with Gasteiger partial charge in [-0.05, 0) is 19.1 Å². The number of hydrogen-bond donors (Lipinski definition) is 0. The molecule has 4 nitrogen and oxygen atoms in total. The van der Waals surface area contributed by atoms with Crippen LogP contribution in [0, 0.1) is 6.92 Å². The van der Waals surface area contributed by atoms with Crippen molar-refractivity contribution in [2.24, 2.45) is 0 Å². The van der Waals surface area contributed by atoms with Crippen molar-refractivity contribution in [3.05, 3.63) is 30.0 Å². The largest absolute Gasteiger partial charge is 0.497 e. The first-order chi connectivity index (χ1) is 7.74. The van der Waals surface area contributed by atoms with Crippen molar-refractivity contribution < 1.29 is 14.0 Å². The van der Waals surface area contributed by atoms with Crippen molar-refractivity contribution in [1.82, 2.24) is 5.16 Å². The maximum absolute atomic E-state index is 5.29. The minimum Gasteiger partial charge on any atom is -0.497 e. The van der Waals surface area contributed by atoms with Crippen LogP contribution in [0.1, 0.15) is 5.76 Å². The van der Waals surface area contributed by atoms with Crippen LogP contribution in [0.5, 0.6) is 11.5 Å². The molecule has 0 radical (unpaired) electrons. The Labute approximate surface area is 93.8 Å². The van der Waals surface area contributed by atoms with Gasteiger partial charge in [-0.1, -0.05) is 5.16 Å². The lowest BCUT2D eigenvalue weighted by atomic mass is 10.1. The van der Waals surface area contributed by atoms with E-state index in [0.29, 0.717) is 5.75 Å². The third-order valence-corrected chi connectivity index (χ3v) is 2.31. The van der Waals surface area contributed by atoms with Gasteiger partial charge in [-0.25, -0.2) is 0 Å². The summed E-state index contributed by atoms with van der Waals surface area (Å²) in [4.78, 5) is 0. The molecule has 1 heterocycles. The molecule has 0 aliphatic heterocycles. The Morgan fingerprint density at radius 1 is 1.12 bits per heavy atom. The lowest BCUT2D eigenvalue weighted by Gasteiger charge is -2.07. The molecule has 2 aromatic rings. The molecule has 0 unspecified atom stereocenters. The summed E-state index contributed by atoms with van der Waals surface area (Å²) < 4.78 is 15.5. The standard InChI is InChI=1S/C12H13NO3/c1-8-6-11(13-16-8)10-5-4-9(14-2)7-12(10)15-3/h4-7H,1-3H3. The molecular formula is C12H13NO3. The Morgan fingerprint density at radius 3 is 2.50 bits per heavy atom. The molecule has 0 bridgehead atoms. The zero-order valence-corrected chi connectivity index (χ0v) is 9.48. The average molecular weight is 219 g/mol. The van der Waals surface area contributed by atoms with E-state index in [1.54, 1.807) is 14.2 Å². The number of rotatable bonds is 3. The lowest BCUT2D eigenvalue weighted by molar-refractivity contribution is 0.391. The summed E-state index contributed by atoms with van der Waals surface area (Å²) in [6, 6.07) is 7.44. The highest BCUT2D eigenvalue weighted by Crippen LogP contribution is 2.32. The number of hydrogen-bond acceptors (Lipinski definition) is 4. The first-order valence-electron chi connectivity index (χ1n) is 4.90. The van der Waals surface area contributed by atoms with Crippen LogP contribution in [-0.2, 0) is 0 Å². The summed E-state index contributed by atoms with van der Waals surface area (Å²) in [5, 5.41) is 3.95. The van der Waals surface area contributed by atoms with Gasteiger partial charge in [0, 0.05) is 17.7 Å². The van der Waals surface area contributed by atoms with Crippen LogP contribution in [0.15, 0.2) is 28.8 Å². The van der Waals surface area contributed by atoms with Gasteiger partial charge < -0.3 is 14.0 Å². The fourth-order valence-corrected chi connectivity index (χ4v) is 1.50. The summed E-state index contributed by atoms with van der Waals surface area (Å²) in [6.07, 6.45) is 0. The van der Waals surface area contributed by atoms with E-state index in [2.05, 4.69) is 5.16 Å². The van der Waals surface area contributed by atoms with E-state index in [0.717, 1.165) is 22.8 Å². The van der Waals surface area contributed by atoms with Crippen molar-refractivity contribution in [3.8, 4) is 22.8 Å². The molecule has 0 aliphatic rings. The number of nitrogens with zero attached hydrogens (tertiary/aromatic N) is 1. The van der Waals surface area contributed by atoms with Gasteiger partial charge in [-0.2, -0.15) is 0 Å². The maximum Gasteiger partial charge on any atom is 0.134 e. The lowest BCUT2D eigenvalue weighted by Crippen LogP contribution is -1.90. The fraction of sp³-hybridized carbons (Fsp3) is 0.250. The van der Waals surface area contributed by atoms with Gasteiger partial charge in [0.25, 0.3) is 0 Å². The van der Waals surface area contributed by atoms with E-state index in [9.17, 15) is 0 Å². The molecule has 0 atom stereocenters. The average Bonchev–Trinajstić information content (AvgIpc) is 2.74. The molecule has 0 saturated carbocycles. The van der Waals surface area contributed by atoms with Gasteiger partial charge >= 0.3 is 0 Å². The van der Waals surface area contributed by atoms with Crippen molar-refractivity contribution in [3.63, 3.8) is 0 Å². The molecule has 1 aromatic heterocycles. The zero-order chi connectivity index (χ0) is 11.5. The minimum absolute atomic E-state index is 0.715. The van der Waals surface area contributed by atoms with Crippen molar-refractivity contribution >= 4 is 0 Å². The van der Waals surface area contributed by atoms with Crippen molar-refractivity contribution in [2.45, 2.75) is 6.92 Å². The van der Waals surface area contributed by atoms with Crippen LogP contribution < -0.4 is 9.47 Å².